The zero-order chi connectivity index (χ0) is 21.8. The lowest BCUT2D eigenvalue weighted by Gasteiger charge is -2.13. The van der Waals surface area contributed by atoms with Crippen molar-refractivity contribution < 1.29 is 24.6 Å². The second-order valence-corrected chi connectivity index (χ2v) is 7.42. The molecule has 3 rings (SSSR count). The lowest BCUT2D eigenvalue weighted by atomic mass is 9.99. The summed E-state index contributed by atoms with van der Waals surface area (Å²) in [5.41, 5.74) is 4.41. The number of likely N-dealkylation sites (tertiary alicyclic amines) is 1. The van der Waals surface area contributed by atoms with Gasteiger partial charge < -0.3 is 15.5 Å². The quantitative estimate of drug-likeness (QED) is 0.367. The molecular formula is C23H24N2O5. The summed E-state index contributed by atoms with van der Waals surface area (Å²) >= 11 is 0. The number of anilines is 1. The summed E-state index contributed by atoms with van der Waals surface area (Å²) in [5.74, 6) is -1.71. The molecule has 0 aromatic heterocycles. The molecule has 2 aromatic carbocycles. The van der Waals surface area contributed by atoms with Crippen molar-refractivity contribution in [2.24, 2.45) is 0 Å². The molecule has 7 nitrogen and oxygen atoms in total. The number of carbonyl (C=O) groups is 3. The number of phenols is 1. The molecule has 0 spiro atoms. The summed E-state index contributed by atoms with van der Waals surface area (Å²) in [6.07, 6.45) is 1.48. The number of hydrogen-bond acceptors (Lipinski definition) is 5. The van der Waals surface area contributed by atoms with Crippen LogP contribution >= 0.6 is 0 Å². The van der Waals surface area contributed by atoms with Crippen LogP contribution in [-0.2, 0) is 14.4 Å². The fourth-order valence-electron chi connectivity index (χ4n) is 3.54. The predicted molar refractivity (Wildman–Crippen MR) is 113 cm³/mol. The van der Waals surface area contributed by atoms with E-state index in [0.29, 0.717) is 11.3 Å². The first kappa shape index (κ1) is 21.1. The summed E-state index contributed by atoms with van der Waals surface area (Å²) in [6, 6.07) is 11.3. The Balaban J connectivity index is 1.77. The Hall–Kier alpha value is -3.61. The molecule has 30 heavy (non-hydrogen) atoms. The van der Waals surface area contributed by atoms with Gasteiger partial charge in [0.05, 0.1) is 12.1 Å². The van der Waals surface area contributed by atoms with Crippen LogP contribution in [0, 0.1) is 13.8 Å². The van der Waals surface area contributed by atoms with Crippen molar-refractivity contribution in [3.05, 3.63) is 59.3 Å². The SMILES string of the molecule is Cc1cc(C)cc(-c2cccc(N/C=C3\CC(=O)N(CCCC(=O)O)C3=O)c2O)c1. The van der Waals surface area contributed by atoms with Gasteiger partial charge in [-0.15, -0.1) is 0 Å². The largest absolute Gasteiger partial charge is 0.505 e. The average molecular weight is 408 g/mol. The lowest BCUT2D eigenvalue weighted by molar-refractivity contribution is -0.140. The number of aromatic hydroxyl groups is 1. The zero-order valence-electron chi connectivity index (χ0n) is 16.9. The molecule has 2 amide bonds. The second kappa shape index (κ2) is 8.82. The van der Waals surface area contributed by atoms with E-state index in [-0.39, 0.29) is 43.0 Å². The van der Waals surface area contributed by atoms with Crippen molar-refractivity contribution in [2.45, 2.75) is 33.1 Å². The number of rotatable bonds is 7. The van der Waals surface area contributed by atoms with Crippen molar-refractivity contribution >= 4 is 23.5 Å². The van der Waals surface area contributed by atoms with Crippen LogP contribution in [0.5, 0.6) is 5.75 Å². The molecule has 0 unspecified atom stereocenters. The third kappa shape index (κ3) is 4.68. The molecule has 0 aliphatic carbocycles. The molecule has 1 heterocycles. The van der Waals surface area contributed by atoms with Gasteiger partial charge in [0, 0.05) is 30.3 Å². The third-order valence-corrected chi connectivity index (χ3v) is 4.91. The second-order valence-electron chi connectivity index (χ2n) is 7.42. The van der Waals surface area contributed by atoms with Gasteiger partial charge in [0.15, 0.2) is 0 Å². The summed E-state index contributed by atoms with van der Waals surface area (Å²) < 4.78 is 0. The predicted octanol–water partition coefficient (Wildman–Crippen LogP) is 3.60. The van der Waals surface area contributed by atoms with Gasteiger partial charge in [0.2, 0.25) is 5.91 Å². The number of phenolic OH excluding ortho intramolecular Hbond substituents is 1. The molecular weight excluding hydrogens is 384 g/mol. The number of para-hydroxylation sites is 1. The number of nitrogens with one attached hydrogen (secondary N) is 1. The topological polar surface area (TPSA) is 107 Å². The number of aliphatic carboxylic acids is 1. The maximum absolute atomic E-state index is 12.4. The molecule has 1 aliphatic rings. The lowest BCUT2D eigenvalue weighted by Crippen LogP contribution is -2.30. The molecule has 2 aromatic rings. The van der Waals surface area contributed by atoms with Crippen LogP contribution in [0.15, 0.2) is 48.2 Å². The number of nitrogens with zero attached hydrogens (tertiary/aromatic N) is 1. The van der Waals surface area contributed by atoms with E-state index in [2.05, 4.69) is 11.4 Å². The monoisotopic (exact) mass is 408 g/mol. The van der Waals surface area contributed by atoms with Crippen LogP contribution in [0.1, 0.15) is 30.4 Å². The van der Waals surface area contributed by atoms with E-state index in [4.69, 9.17) is 5.11 Å². The van der Waals surface area contributed by atoms with Crippen LogP contribution in [0.3, 0.4) is 0 Å². The minimum Gasteiger partial charge on any atom is -0.505 e. The Labute approximate surface area is 174 Å². The number of benzene rings is 2. The number of imide groups is 1. The van der Waals surface area contributed by atoms with E-state index in [0.717, 1.165) is 21.6 Å². The highest BCUT2D eigenvalue weighted by molar-refractivity contribution is 6.13. The maximum Gasteiger partial charge on any atom is 0.303 e. The highest BCUT2D eigenvalue weighted by atomic mass is 16.4. The van der Waals surface area contributed by atoms with Crippen LogP contribution in [0.2, 0.25) is 0 Å². The smallest absolute Gasteiger partial charge is 0.303 e. The van der Waals surface area contributed by atoms with Gasteiger partial charge in [0.1, 0.15) is 5.75 Å². The van der Waals surface area contributed by atoms with Gasteiger partial charge in [-0.2, -0.15) is 0 Å². The van der Waals surface area contributed by atoms with Crippen molar-refractivity contribution in [3.63, 3.8) is 0 Å². The molecule has 0 saturated carbocycles. The van der Waals surface area contributed by atoms with Crippen LogP contribution in [0.4, 0.5) is 5.69 Å². The Morgan fingerprint density at radius 3 is 2.53 bits per heavy atom. The Morgan fingerprint density at radius 2 is 1.87 bits per heavy atom. The van der Waals surface area contributed by atoms with Gasteiger partial charge in [-0.1, -0.05) is 41.5 Å². The molecule has 1 saturated heterocycles. The van der Waals surface area contributed by atoms with Gasteiger partial charge in [-0.05, 0) is 31.9 Å². The average Bonchev–Trinajstić information content (AvgIpc) is 2.93. The molecule has 1 fully saturated rings. The first-order chi connectivity index (χ1) is 14.3. The number of carboxylic acids is 1. The van der Waals surface area contributed by atoms with Crippen LogP contribution < -0.4 is 5.32 Å². The van der Waals surface area contributed by atoms with E-state index in [1.54, 1.807) is 12.1 Å². The standard InChI is InChI=1S/C23H24N2O5/c1-14-9-15(2)11-16(10-14)18-5-3-6-19(22(18)29)24-13-17-12-20(26)25(23(17)30)8-4-7-21(27)28/h3,5-6,9-11,13,24,29H,4,7-8,12H2,1-2H3,(H,27,28)/b17-13+. The summed E-state index contributed by atoms with van der Waals surface area (Å²) in [4.78, 5) is 36.2. The number of hydrogen-bond donors (Lipinski definition) is 3. The maximum atomic E-state index is 12.4. The van der Waals surface area contributed by atoms with Crippen molar-refractivity contribution in [3.8, 4) is 16.9 Å². The Kier molecular flexibility index (Phi) is 6.20. The van der Waals surface area contributed by atoms with Crippen molar-refractivity contribution in [1.82, 2.24) is 4.90 Å². The number of carbonyl (C=O) groups excluding carboxylic acids is 2. The van der Waals surface area contributed by atoms with Crippen LogP contribution in [0.25, 0.3) is 11.1 Å². The molecule has 1 aliphatic heterocycles. The van der Waals surface area contributed by atoms with Crippen molar-refractivity contribution in [1.29, 1.82) is 0 Å². The first-order valence-corrected chi connectivity index (χ1v) is 9.69. The van der Waals surface area contributed by atoms with Gasteiger partial charge >= 0.3 is 5.97 Å². The van der Waals surface area contributed by atoms with Gasteiger partial charge in [-0.25, -0.2) is 0 Å². The minimum atomic E-state index is -0.967. The molecule has 0 bridgehead atoms. The summed E-state index contributed by atoms with van der Waals surface area (Å²) in [5, 5.41) is 22.4. The van der Waals surface area contributed by atoms with E-state index in [1.807, 2.05) is 32.0 Å². The normalized spacial score (nSPS) is 15.1. The van der Waals surface area contributed by atoms with Gasteiger partial charge in [-0.3, -0.25) is 19.3 Å². The van der Waals surface area contributed by atoms with E-state index in [9.17, 15) is 19.5 Å². The number of carboxylic acid groups (broad SMARTS) is 1. The Morgan fingerprint density at radius 1 is 1.17 bits per heavy atom. The highest BCUT2D eigenvalue weighted by Crippen LogP contribution is 2.36. The van der Waals surface area contributed by atoms with E-state index in [1.165, 1.54) is 6.20 Å². The minimum absolute atomic E-state index is 0.0504. The van der Waals surface area contributed by atoms with Crippen LogP contribution in [-0.4, -0.2) is 39.4 Å². The van der Waals surface area contributed by atoms with Crippen molar-refractivity contribution in [2.75, 3.05) is 11.9 Å². The van der Waals surface area contributed by atoms with Gasteiger partial charge in [0.25, 0.3) is 5.91 Å². The summed E-state index contributed by atoms with van der Waals surface area (Å²) in [7, 11) is 0. The fourth-order valence-corrected chi connectivity index (χ4v) is 3.54. The fraction of sp³-hybridized carbons (Fsp3) is 0.261. The summed E-state index contributed by atoms with van der Waals surface area (Å²) in [6.45, 7) is 4.06. The third-order valence-electron chi connectivity index (χ3n) is 4.91. The molecule has 156 valence electrons. The zero-order valence-corrected chi connectivity index (χ0v) is 16.9. The Bertz CT molecular complexity index is 1020. The number of aryl methyl sites for hydroxylation is 2. The first-order valence-electron chi connectivity index (χ1n) is 9.69. The van der Waals surface area contributed by atoms with E-state index >= 15 is 0 Å². The number of amides is 2. The molecule has 0 atom stereocenters. The molecule has 0 radical (unpaired) electrons. The molecule has 3 N–H and O–H groups in total. The van der Waals surface area contributed by atoms with E-state index < -0.39 is 11.9 Å². The highest BCUT2D eigenvalue weighted by Gasteiger charge is 2.33. The molecule has 7 heteroatoms.